The van der Waals surface area contributed by atoms with Gasteiger partial charge in [0, 0.05) is 6.20 Å². The molecule has 0 spiro atoms. The smallest absolute Gasteiger partial charge is 0.128 e. The van der Waals surface area contributed by atoms with Crippen LogP contribution in [0.15, 0.2) is 12.3 Å². The van der Waals surface area contributed by atoms with Crippen molar-refractivity contribution in [2.45, 2.75) is 0 Å². The fourth-order valence-electron chi connectivity index (χ4n) is 1.44. The highest BCUT2D eigenvalue weighted by Gasteiger charge is 2.09. The van der Waals surface area contributed by atoms with E-state index in [9.17, 15) is 0 Å². The van der Waals surface area contributed by atoms with Gasteiger partial charge in [-0.3, -0.25) is 15.2 Å². The first-order chi connectivity index (χ1) is 6.86. The molecular formula is C9H6IN3S. The van der Waals surface area contributed by atoms with Gasteiger partial charge in [0.05, 0.1) is 20.2 Å². The summed E-state index contributed by atoms with van der Waals surface area (Å²) >= 11 is 5.08. The van der Waals surface area contributed by atoms with Crippen LogP contribution in [0.2, 0.25) is 0 Å². The minimum Gasteiger partial charge on any atom is -0.298 e. The van der Waals surface area contributed by atoms with E-state index in [1.165, 1.54) is 3.57 Å². The first-order valence-corrected chi connectivity index (χ1v) is 6.82. The molecule has 0 aliphatic carbocycles. The maximum atomic E-state index is 5.15. The van der Waals surface area contributed by atoms with Crippen molar-refractivity contribution in [3.63, 3.8) is 0 Å². The Hall–Kier alpha value is -0.820. The number of rotatable bonds is 0. The zero-order valence-corrected chi connectivity index (χ0v) is 10.0. The molecule has 0 amide bonds. The molecule has 0 fully saturated rings. The van der Waals surface area contributed by atoms with Crippen LogP contribution in [0, 0.1) is 8.21 Å². The van der Waals surface area contributed by atoms with Gasteiger partial charge in [-0.05, 0) is 10.1 Å². The molecule has 0 atom stereocenters. The highest BCUT2D eigenvalue weighted by Crippen LogP contribution is 2.27. The minimum atomic E-state index is -0.0657. The molecule has 1 aliphatic heterocycles. The lowest BCUT2D eigenvalue weighted by molar-refractivity contribution is 1.10. The number of fused-ring (bicyclic) bond motifs is 3. The van der Waals surface area contributed by atoms with Crippen LogP contribution in [0.1, 0.15) is 5.69 Å². The Morgan fingerprint density at radius 1 is 1.36 bits per heavy atom. The van der Waals surface area contributed by atoms with E-state index in [1.807, 2.05) is 12.3 Å². The Kier molecular flexibility index (Phi) is 1.88. The lowest BCUT2D eigenvalue weighted by Gasteiger charge is -2.03. The van der Waals surface area contributed by atoms with Gasteiger partial charge in [0.25, 0.3) is 0 Å². The number of H-pyrrole nitrogens is 2. The Labute approximate surface area is 95.0 Å². The fraction of sp³-hybridized carbons (Fsp3) is 0. The molecule has 0 saturated carbocycles. The second-order valence-corrected chi connectivity index (χ2v) is 5.75. The molecule has 3 heterocycles. The molecule has 2 N–H and O–H groups in total. The zero-order chi connectivity index (χ0) is 9.54. The van der Waals surface area contributed by atoms with E-state index in [0.29, 0.717) is 0 Å². The van der Waals surface area contributed by atoms with Crippen LogP contribution < -0.4 is 0 Å². The molecule has 2 aromatic heterocycles. The molecule has 0 saturated heterocycles. The zero-order valence-electron chi connectivity index (χ0n) is 7.04. The number of allylic oxidation sites excluding steroid dienone is 1. The van der Waals surface area contributed by atoms with Crippen molar-refractivity contribution in [2.75, 3.05) is 0 Å². The molecule has 1 aliphatic rings. The Balaban J connectivity index is 2.54. The molecule has 70 valence electrons. The lowest BCUT2D eigenvalue weighted by atomic mass is 10.3. The van der Waals surface area contributed by atoms with Gasteiger partial charge in [0.2, 0.25) is 0 Å². The quantitative estimate of drug-likeness (QED) is 0.580. The highest BCUT2D eigenvalue weighted by atomic mass is 127. The molecule has 0 aromatic carbocycles. The minimum absolute atomic E-state index is 0.0657. The van der Waals surface area contributed by atoms with E-state index in [2.05, 4.69) is 25.3 Å². The van der Waals surface area contributed by atoms with Gasteiger partial charge >= 0.3 is 0 Å². The topological polar surface area (TPSA) is 44.5 Å². The van der Waals surface area contributed by atoms with Crippen LogP contribution in [0.4, 0.5) is 0 Å². The normalized spacial score (nSPS) is 14.0. The van der Waals surface area contributed by atoms with Crippen LogP contribution in [0.5, 0.6) is 0 Å². The molecule has 2 aromatic rings. The third kappa shape index (κ3) is 1.12. The van der Waals surface area contributed by atoms with E-state index in [4.69, 9.17) is 12.2 Å². The molecule has 14 heavy (non-hydrogen) atoms. The summed E-state index contributed by atoms with van der Waals surface area (Å²) in [6, 6.07) is 0. The van der Waals surface area contributed by atoms with Crippen molar-refractivity contribution in [2.24, 2.45) is 0 Å². The van der Waals surface area contributed by atoms with Crippen LogP contribution >= 0.6 is 32.9 Å². The van der Waals surface area contributed by atoms with Gasteiger partial charge in [0.15, 0.2) is 0 Å². The first-order valence-electron chi connectivity index (χ1n) is 4.09. The standard InChI is InChI=1S/C9H6IN3S/c14-9-5-4-11-6-2-1-3-10-7(6)8(5)12-13-9/h1-4H,(H2,12,13,14). The molecule has 0 radical (unpaired) electrons. The Morgan fingerprint density at radius 3 is 3.21 bits per heavy atom. The summed E-state index contributed by atoms with van der Waals surface area (Å²) in [4.78, 5) is 4.39. The van der Waals surface area contributed by atoms with Gasteiger partial charge in [0.1, 0.15) is 4.64 Å². The maximum Gasteiger partial charge on any atom is 0.128 e. The Morgan fingerprint density at radius 2 is 2.29 bits per heavy atom. The van der Waals surface area contributed by atoms with Crippen LogP contribution in [0.25, 0.3) is 17.0 Å². The van der Waals surface area contributed by atoms with E-state index >= 15 is 0 Å². The number of aromatic amines is 2. The largest absolute Gasteiger partial charge is 0.298 e. The van der Waals surface area contributed by atoms with Crippen LogP contribution in [-0.2, 0) is 0 Å². The second kappa shape index (κ2) is 3.09. The summed E-state index contributed by atoms with van der Waals surface area (Å²) in [6.45, 7) is 0. The Bertz CT molecular complexity index is 621. The number of pyridine rings is 1. The van der Waals surface area contributed by atoms with E-state index in [0.717, 1.165) is 21.2 Å². The predicted molar refractivity (Wildman–Crippen MR) is 69.1 cm³/mol. The number of halogens is 1. The average Bonchev–Trinajstić information content (AvgIpc) is 2.61. The highest BCUT2D eigenvalue weighted by molar-refractivity contribution is 14.2. The van der Waals surface area contributed by atoms with Crippen LogP contribution in [0.3, 0.4) is 0 Å². The molecule has 5 heteroatoms. The predicted octanol–water partition coefficient (Wildman–Crippen LogP) is 2.59. The van der Waals surface area contributed by atoms with Crippen molar-refractivity contribution in [3.8, 4) is 0 Å². The summed E-state index contributed by atoms with van der Waals surface area (Å²) in [5.74, 6) is 0. The molecular weight excluding hydrogens is 309 g/mol. The lowest BCUT2D eigenvalue weighted by Crippen LogP contribution is -1.91. The summed E-state index contributed by atoms with van der Waals surface area (Å²) < 4.78 is 4.30. The first kappa shape index (κ1) is 8.49. The number of aromatic nitrogens is 3. The fourth-order valence-corrected chi connectivity index (χ4v) is 3.79. The summed E-state index contributed by atoms with van der Waals surface area (Å²) in [5, 5.41) is 7.11. The van der Waals surface area contributed by atoms with Crippen molar-refractivity contribution in [3.05, 3.63) is 26.2 Å². The number of hydrogen-bond acceptors (Lipinski definition) is 2. The molecule has 0 unspecified atom stereocenters. The third-order valence-corrected chi connectivity index (χ3v) is 4.90. The van der Waals surface area contributed by atoms with Crippen LogP contribution in [-0.4, -0.2) is 19.2 Å². The number of nitrogens with zero attached hydrogens (tertiary/aromatic N) is 1. The number of hydrogen-bond donors (Lipinski definition) is 2. The van der Waals surface area contributed by atoms with E-state index < -0.39 is 0 Å². The summed E-state index contributed by atoms with van der Waals surface area (Å²) in [5.41, 5.74) is 2.21. The molecule has 3 nitrogen and oxygen atoms in total. The van der Waals surface area contributed by atoms with E-state index in [1.54, 1.807) is 0 Å². The average molecular weight is 315 g/mol. The van der Waals surface area contributed by atoms with Gasteiger partial charge in [-0.25, -0.2) is 0 Å². The van der Waals surface area contributed by atoms with Gasteiger partial charge in [-0.2, -0.15) is 0 Å². The summed E-state index contributed by atoms with van der Waals surface area (Å²) in [7, 11) is 0. The van der Waals surface area contributed by atoms with Gasteiger partial charge in [-0.15, -0.1) is 0 Å². The second-order valence-electron chi connectivity index (χ2n) is 2.92. The molecule has 0 bridgehead atoms. The van der Waals surface area contributed by atoms with Gasteiger partial charge in [-0.1, -0.05) is 39.0 Å². The third-order valence-electron chi connectivity index (χ3n) is 2.09. The van der Waals surface area contributed by atoms with Crippen molar-refractivity contribution < 1.29 is 0 Å². The van der Waals surface area contributed by atoms with Crippen molar-refractivity contribution in [1.29, 1.82) is 0 Å². The maximum absolute atomic E-state index is 5.15. The van der Waals surface area contributed by atoms with Crippen molar-refractivity contribution >= 4 is 53.9 Å². The molecule has 3 rings (SSSR count). The van der Waals surface area contributed by atoms with Gasteiger partial charge < -0.3 is 0 Å². The van der Waals surface area contributed by atoms with E-state index in [-0.39, 0.29) is 20.7 Å². The SMILES string of the molecule is S=c1[nH][nH]c2c3c(ncc12)C=CC=I3. The number of nitrogens with one attached hydrogen (secondary N) is 2. The summed E-state index contributed by atoms with van der Waals surface area (Å²) in [6.07, 6.45) is 5.96. The monoisotopic (exact) mass is 315 g/mol. The van der Waals surface area contributed by atoms with Crippen molar-refractivity contribution in [1.82, 2.24) is 15.2 Å².